The summed E-state index contributed by atoms with van der Waals surface area (Å²) in [6.07, 6.45) is 0.839. The largest absolute Gasteiger partial charge is 0.469 e. The molecule has 1 N–H and O–H groups in total. The zero-order valence-electron chi connectivity index (χ0n) is 17.2. The monoisotopic (exact) mass is 401 g/mol. The fraction of sp³-hybridized carbons (Fsp3) is 0.269. The van der Waals surface area contributed by atoms with Gasteiger partial charge in [-0.1, -0.05) is 91.0 Å². The van der Waals surface area contributed by atoms with Crippen LogP contribution in [-0.4, -0.2) is 31.8 Å². The maximum atomic E-state index is 12.0. The first-order valence-corrected chi connectivity index (χ1v) is 10.4. The lowest BCUT2D eigenvalue weighted by molar-refractivity contribution is -0.143. The van der Waals surface area contributed by atoms with Gasteiger partial charge in [0.15, 0.2) is 0 Å². The molecule has 4 rings (SSSR count). The Labute approximate surface area is 177 Å². The minimum absolute atomic E-state index is 0.00437. The van der Waals surface area contributed by atoms with Gasteiger partial charge in [0.25, 0.3) is 0 Å². The third-order valence-corrected chi connectivity index (χ3v) is 5.83. The van der Waals surface area contributed by atoms with Gasteiger partial charge in [0.2, 0.25) is 0 Å². The molecule has 30 heavy (non-hydrogen) atoms. The van der Waals surface area contributed by atoms with Crippen LogP contribution in [0.2, 0.25) is 0 Å². The van der Waals surface area contributed by atoms with Crippen LogP contribution < -0.4 is 5.32 Å². The Kier molecular flexibility index (Phi) is 6.26. The first kappa shape index (κ1) is 20.3. The highest BCUT2D eigenvalue weighted by molar-refractivity contribution is 5.70. The zero-order chi connectivity index (χ0) is 20.8. The first-order chi connectivity index (χ1) is 14.7. The van der Waals surface area contributed by atoms with Crippen molar-refractivity contribution in [3.63, 3.8) is 0 Å². The number of methoxy groups -OCH3 is 1. The van der Waals surface area contributed by atoms with E-state index in [-0.39, 0.29) is 24.5 Å². The van der Waals surface area contributed by atoms with E-state index in [2.05, 4.69) is 78.1 Å². The molecule has 154 valence electrons. The highest BCUT2D eigenvalue weighted by Crippen LogP contribution is 2.38. The summed E-state index contributed by atoms with van der Waals surface area (Å²) in [4.78, 5) is 12.0. The molecule has 0 radical (unpaired) electrons. The quantitative estimate of drug-likeness (QED) is 0.474. The molecule has 0 unspecified atom stereocenters. The lowest BCUT2D eigenvalue weighted by Gasteiger charge is -2.40. The van der Waals surface area contributed by atoms with Crippen LogP contribution in [0, 0.1) is 0 Å². The van der Waals surface area contributed by atoms with Crippen molar-refractivity contribution < 1.29 is 14.3 Å². The van der Waals surface area contributed by atoms with E-state index >= 15 is 0 Å². The highest BCUT2D eigenvalue weighted by Gasteiger charge is 2.42. The number of ether oxygens (including phenoxy) is 2. The Balaban J connectivity index is 1.84. The molecule has 2 atom stereocenters. The lowest BCUT2D eigenvalue weighted by Crippen LogP contribution is -2.52. The molecule has 0 aliphatic carbocycles. The van der Waals surface area contributed by atoms with Crippen LogP contribution in [0.5, 0.6) is 0 Å². The van der Waals surface area contributed by atoms with E-state index in [9.17, 15) is 4.79 Å². The maximum absolute atomic E-state index is 12.0. The summed E-state index contributed by atoms with van der Waals surface area (Å²) in [5.74, 6) is -0.251. The third kappa shape index (κ3) is 4.02. The van der Waals surface area contributed by atoms with Crippen molar-refractivity contribution in [3.05, 3.63) is 108 Å². The van der Waals surface area contributed by atoms with E-state index < -0.39 is 5.54 Å². The number of rotatable bonds is 7. The molecule has 0 amide bonds. The number of nitrogens with one attached hydrogen (secondary N) is 1. The van der Waals surface area contributed by atoms with Crippen LogP contribution in [0.15, 0.2) is 91.0 Å². The van der Waals surface area contributed by atoms with Crippen LogP contribution in [0.4, 0.5) is 0 Å². The summed E-state index contributed by atoms with van der Waals surface area (Å²) in [6.45, 7) is 0.619. The fourth-order valence-electron chi connectivity index (χ4n) is 4.35. The average molecular weight is 402 g/mol. The van der Waals surface area contributed by atoms with Crippen LogP contribution in [0.1, 0.15) is 29.5 Å². The van der Waals surface area contributed by atoms with E-state index in [1.807, 2.05) is 18.2 Å². The minimum atomic E-state index is -0.573. The standard InChI is InChI=1S/C26H27NO3/c1-29-25(28)19-24-23(17-18-30-24)27-26(20-11-5-2-6-12-20,21-13-7-3-8-14-21)22-15-9-4-10-16-22/h2-16,23-24,27H,17-19H2,1H3/t23-,24-/m1/s1. The predicted octanol–water partition coefficient (Wildman–Crippen LogP) is 4.29. The molecule has 4 nitrogen and oxygen atoms in total. The Morgan fingerprint density at radius 3 is 1.80 bits per heavy atom. The topological polar surface area (TPSA) is 47.6 Å². The van der Waals surface area contributed by atoms with E-state index in [1.165, 1.54) is 7.11 Å². The number of hydrogen-bond acceptors (Lipinski definition) is 4. The zero-order valence-corrected chi connectivity index (χ0v) is 17.2. The van der Waals surface area contributed by atoms with Crippen molar-refractivity contribution in [3.8, 4) is 0 Å². The first-order valence-electron chi connectivity index (χ1n) is 10.4. The molecule has 0 spiro atoms. The second-order valence-corrected chi connectivity index (χ2v) is 7.58. The lowest BCUT2D eigenvalue weighted by atomic mass is 9.76. The number of esters is 1. The van der Waals surface area contributed by atoms with Gasteiger partial charge in [0.05, 0.1) is 25.2 Å². The summed E-state index contributed by atoms with van der Waals surface area (Å²) in [5.41, 5.74) is 2.86. The van der Waals surface area contributed by atoms with Crippen LogP contribution >= 0.6 is 0 Å². The molecular formula is C26H27NO3. The summed E-state index contributed by atoms with van der Waals surface area (Å²) in [7, 11) is 1.42. The minimum Gasteiger partial charge on any atom is -0.469 e. The van der Waals surface area contributed by atoms with E-state index in [4.69, 9.17) is 9.47 Å². The number of hydrogen-bond donors (Lipinski definition) is 1. The number of carbonyl (C=O) groups is 1. The second kappa shape index (κ2) is 9.24. The van der Waals surface area contributed by atoms with Gasteiger partial charge >= 0.3 is 5.97 Å². The number of carbonyl (C=O) groups excluding carboxylic acids is 1. The molecular weight excluding hydrogens is 374 g/mol. The SMILES string of the molecule is COC(=O)C[C@H]1OCC[C@H]1NC(c1ccccc1)(c1ccccc1)c1ccccc1. The number of benzene rings is 3. The molecule has 3 aromatic rings. The summed E-state index contributed by atoms with van der Waals surface area (Å²) < 4.78 is 10.8. The average Bonchev–Trinajstić information content (AvgIpc) is 3.25. The van der Waals surface area contributed by atoms with E-state index in [0.717, 1.165) is 23.1 Å². The summed E-state index contributed by atoms with van der Waals surface area (Å²) >= 11 is 0. The van der Waals surface area contributed by atoms with Crippen LogP contribution in [0.25, 0.3) is 0 Å². The Morgan fingerprint density at radius 1 is 0.900 bits per heavy atom. The van der Waals surface area contributed by atoms with Gasteiger partial charge in [-0.05, 0) is 23.1 Å². The molecule has 0 saturated carbocycles. The van der Waals surface area contributed by atoms with Crippen molar-refractivity contribution in [2.75, 3.05) is 13.7 Å². The molecule has 1 saturated heterocycles. The highest BCUT2D eigenvalue weighted by atomic mass is 16.5. The fourth-order valence-corrected chi connectivity index (χ4v) is 4.35. The third-order valence-electron chi connectivity index (χ3n) is 5.83. The maximum Gasteiger partial charge on any atom is 0.308 e. The normalized spacial score (nSPS) is 18.8. The molecule has 0 aromatic heterocycles. The second-order valence-electron chi connectivity index (χ2n) is 7.58. The molecule has 3 aromatic carbocycles. The molecule has 1 aliphatic rings. The van der Waals surface area contributed by atoms with Gasteiger partial charge in [-0.15, -0.1) is 0 Å². The van der Waals surface area contributed by atoms with E-state index in [1.54, 1.807) is 0 Å². The Hall–Kier alpha value is -2.95. The van der Waals surface area contributed by atoms with E-state index in [0.29, 0.717) is 6.61 Å². The smallest absolute Gasteiger partial charge is 0.308 e. The van der Waals surface area contributed by atoms with Gasteiger partial charge in [0.1, 0.15) is 0 Å². The molecule has 0 bridgehead atoms. The van der Waals surface area contributed by atoms with Crippen molar-refractivity contribution >= 4 is 5.97 Å². The summed E-state index contributed by atoms with van der Waals surface area (Å²) in [6, 6.07) is 31.4. The van der Waals surface area contributed by atoms with Gasteiger partial charge in [0, 0.05) is 12.6 Å². The van der Waals surface area contributed by atoms with Gasteiger partial charge in [-0.2, -0.15) is 0 Å². The van der Waals surface area contributed by atoms with Crippen molar-refractivity contribution in [1.29, 1.82) is 0 Å². The Morgan fingerprint density at radius 2 is 1.37 bits per heavy atom. The Bertz CT molecular complexity index is 847. The molecule has 1 fully saturated rings. The molecule has 4 heteroatoms. The van der Waals surface area contributed by atoms with Crippen molar-refractivity contribution in [2.24, 2.45) is 0 Å². The van der Waals surface area contributed by atoms with Crippen molar-refractivity contribution in [1.82, 2.24) is 5.32 Å². The molecule has 1 heterocycles. The summed E-state index contributed by atoms with van der Waals surface area (Å²) in [5, 5.41) is 3.93. The van der Waals surface area contributed by atoms with Crippen molar-refractivity contribution in [2.45, 2.75) is 30.5 Å². The van der Waals surface area contributed by atoms with Crippen LogP contribution in [-0.2, 0) is 19.8 Å². The van der Waals surface area contributed by atoms with Gasteiger partial charge in [-0.3, -0.25) is 10.1 Å². The predicted molar refractivity (Wildman–Crippen MR) is 117 cm³/mol. The van der Waals surface area contributed by atoms with Gasteiger partial charge in [-0.25, -0.2) is 0 Å². The van der Waals surface area contributed by atoms with Gasteiger partial charge < -0.3 is 9.47 Å². The van der Waals surface area contributed by atoms with Crippen LogP contribution in [0.3, 0.4) is 0 Å². The molecule has 1 aliphatic heterocycles.